The van der Waals surface area contributed by atoms with Crippen molar-refractivity contribution in [3.63, 3.8) is 0 Å². The van der Waals surface area contributed by atoms with Gasteiger partial charge in [0.1, 0.15) is 0 Å². The lowest BCUT2D eigenvalue weighted by Crippen LogP contribution is -2.46. The van der Waals surface area contributed by atoms with Crippen molar-refractivity contribution in [1.29, 1.82) is 0 Å². The Kier molecular flexibility index (Phi) is 5.89. The zero-order valence-corrected chi connectivity index (χ0v) is 17.7. The number of rotatable bonds is 4. The third-order valence-electron chi connectivity index (χ3n) is 7.52. The Hall–Kier alpha value is -1.43. The molecule has 3 heterocycles. The average molecular weight is 398 g/mol. The van der Waals surface area contributed by atoms with Gasteiger partial charge in [0, 0.05) is 43.8 Å². The van der Waals surface area contributed by atoms with E-state index in [4.69, 9.17) is 4.74 Å². The van der Waals surface area contributed by atoms with Crippen LogP contribution in [0.2, 0.25) is 0 Å². The summed E-state index contributed by atoms with van der Waals surface area (Å²) in [6.45, 7) is 8.26. The summed E-state index contributed by atoms with van der Waals surface area (Å²) >= 11 is 0. The lowest BCUT2D eigenvalue weighted by atomic mass is 9.86. The van der Waals surface area contributed by atoms with Crippen LogP contribution in [0.5, 0.6) is 0 Å². The molecule has 0 spiro atoms. The number of nitrogens with zero attached hydrogens (tertiary/aromatic N) is 3. The average Bonchev–Trinajstić information content (AvgIpc) is 3.46. The molecule has 2 atom stereocenters. The van der Waals surface area contributed by atoms with Crippen LogP contribution in [0.25, 0.3) is 0 Å². The molecule has 2 unspecified atom stereocenters. The molecule has 5 nitrogen and oxygen atoms in total. The number of likely N-dealkylation sites (tertiary alicyclic amines) is 2. The molecular weight excluding hydrogens is 362 g/mol. The fraction of sp³-hybridized carbons (Fsp3) is 0.708. The van der Waals surface area contributed by atoms with Crippen molar-refractivity contribution < 1.29 is 9.53 Å². The van der Waals surface area contributed by atoms with Crippen LogP contribution in [0, 0.1) is 0 Å². The molecule has 0 bridgehead atoms. The minimum atomic E-state index is 0.254. The highest BCUT2D eigenvalue weighted by atomic mass is 16.5. The molecule has 5 heteroatoms. The van der Waals surface area contributed by atoms with E-state index in [1.54, 1.807) is 0 Å². The van der Waals surface area contributed by atoms with E-state index in [0.717, 1.165) is 70.6 Å². The van der Waals surface area contributed by atoms with Crippen LogP contribution in [0.3, 0.4) is 0 Å². The van der Waals surface area contributed by atoms with Gasteiger partial charge >= 0.3 is 0 Å². The highest BCUT2D eigenvalue weighted by Gasteiger charge is 2.32. The second-order valence-electron chi connectivity index (χ2n) is 9.33. The first-order valence-corrected chi connectivity index (χ1v) is 11.7. The van der Waals surface area contributed by atoms with Gasteiger partial charge in [0.2, 0.25) is 0 Å². The van der Waals surface area contributed by atoms with Crippen LogP contribution in [0.1, 0.15) is 53.6 Å². The largest absolute Gasteiger partial charge is 0.379 e. The molecule has 5 rings (SSSR count). The zero-order chi connectivity index (χ0) is 19.6. The first kappa shape index (κ1) is 19.5. The van der Waals surface area contributed by atoms with Crippen LogP contribution in [0.15, 0.2) is 18.2 Å². The van der Waals surface area contributed by atoms with Crippen molar-refractivity contribution in [1.82, 2.24) is 14.7 Å². The topological polar surface area (TPSA) is 36.0 Å². The van der Waals surface area contributed by atoms with E-state index < -0.39 is 0 Å². The molecule has 158 valence electrons. The molecule has 1 aliphatic carbocycles. The fourth-order valence-corrected chi connectivity index (χ4v) is 5.85. The SMILES string of the molecule is O=C(c1ccc2c(c1)CCC(N1CCOCC1)C2)N1CCCC1CN1CCCC1. The first-order valence-electron chi connectivity index (χ1n) is 11.7. The maximum atomic E-state index is 13.3. The number of fused-ring (bicyclic) bond motifs is 1. The number of morpholine rings is 1. The molecule has 1 aromatic rings. The molecule has 0 aromatic heterocycles. The summed E-state index contributed by atoms with van der Waals surface area (Å²) in [5, 5.41) is 0. The van der Waals surface area contributed by atoms with E-state index in [1.165, 1.54) is 43.5 Å². The summed E-state index contributed by atoms with van der Waals surface area (Å²) in [7, 11) is 0. The van der Waals surface area contributed by atoms with Gasteiger partial charge in [0.15, 0.2) is 0 Å². The molecule has 1 aromatic carbocycles. The van der Waals surface area contributed by atoms with Crippen molar-refractivity contribution >= 4 is 5.91 Å². The molecular formula is C24H35N3O2. The predicted octanol–water partition coefficient (Wildman–Crippen LogP) is 2.58. The minimum absolute atomic E-state index is 0.254. The molecule has 4 aliphatic rings. The van der Waals surface area contributed by atoms with Gasteiger partial charge in [-0.1, -0.05) is 6.07 Å². The van der Waals surface area contributed by atoms with E-state index in [9.17, 15) is 4.79 Å². The van der Waals surface area contributed by atoms with Crippen molar-refractivity contribution in [2.24, 2.45) is 0 Å². The van der Waals surface area contributed by atoms with Crippen molar-refractivity contribution in [2.75, 3.05) is 52.5 Å². The van der Waals surface area contributed by atoms with E-state index in [2.05, 4.69) is 32.9 Å². The minimum Gasteiger partial charge on any atom is -0.379 e. The number of hydrogen-bond donors (Lipinski definition) is 0. The molecule has 3 saturated heterocycles. The summed E-state index contributed by atoms with van der Waals surface area (Å²) in [6, 6.07) is 7.58. The van der Waals surface area contributed by atoms with Crippen molar-refractivity contribution in [3.8, 4) is 0 Å². The molecule has 3 aliphatic heterocycles. The fourth-order valence-electron chi connectivity index (χ4n) is 5.85. The van der Waals surface area contributed by atoms with Gasteiger partial charge in [-0.25, -0.2) is 0 Å². The Labute approximate surface area is 175 Å². The summed E-state index contributed by atoms with van der Waals surface area (Å²) in [4.78, 5) is 20.6. The number of ether oxygens (including phenoxy) is 1. The summed E-state index contributed by atoms with van der Waals surface area (Å²) in [6.07, 6.45) is 8.35. The Balaban J connectivity index is 1.25. The number of amides is 1. The van der Waals surface area contributed by atoms with E-state index in [-0.39, 0.29) is 5.91 Å². The number of benzene rings is 1. The standard InChI is InChI=1S/C24H35N3O2/c28-24(27-11-3-4-23(27)18-25-9-1-2-10-25)21-6-5-20-17-22(8-7-19(20)16-21)26-12-14-29-15-13-26/h5-6,16,22-23H,1-4,7-15,17-18H2. The molecule has 0 radical (unpaired) electrons. The predicted molar refractivity (Wildman–Crippen MR) is 114 cm³/mol. The van der Waals surface area contributed by atoms with Gasteiger partial charge in [-0.15, -0.1) is 0 Å². The Morgan fingerprint density at radius 2 is 1.79 bits per heavy atom. The Morgan fingerprint density at radius 1 is 0.966 bits per heavy atom. The maximum Gasteiger partial charge on any atom is 0.254 e. The summed E-state index contributed by atoms with van der Waals surface area (Å²) in [5.74, 6) is 0.254. The molecule has 29 heavy (non-hydrogen) atoms. The second-order valence-corrected chi connectivity index (χ2v) is 9.33. The van der Waals surface area contributed by atoms with Gasteiger partial charge in [0.05, 0.1) is 13.2 Å². The lowest BCUT2D eigenvalue weighted by Gasteiger charge is -2.37. The van der Waals surface area contributed by atoms with Gasteiger partial charge in [-0.3, -0.25) is 9.69 Å². The van der Waals surface area contributed by atoms with E-state index >= 15 is 0 Å². The molecule has 1 amide bonds. The maximum absolute atomic E-state index is 13.3. The van der Waals surface area contributed by atoms with Gasteiger partial charge in [-0.2, -0.15) is 0 Å². The van der Waals surface area contributed by atoms with E-state index in [0.29, 0.717) is 12.1 Å². The molecule has 3 fully saturated rings. The van der Waals surface area contributed by atoms with Gasteiger partial charge in [-0.05, 0) is 81.3 Å². The van der Waals surface area contributed by atoms with Crippen molar-refractivity contribution in [3.05, 3.63) is 34.9 Å². The third kappa shape index (κ3) is 4.23. The highest BCUT2D eigenvalue weighted by Crippen LogP contribution is 2.28. The number of carbonyl (C=O) groups excluding carboxylic acids is 1. The normalized spacial score (nSPS) is 28.6. The van der Waals surface area contributed by atoms with Crippen molar-refractivity contribution in [2.45, 2.75) is 57.0 Å². The second kappa shape index (κ2) is 8.75. The number of hydrogen-bond acceptors (Lipinski definition) is 4. The van der Waals surface area contributed by atoms with Crippen LogP contribution >= 0.6 is 0 Å². The van der Waals surface area contributed by atoms with Crippen LogP contribution < -0.4 is 0 Å². The first-order chi connectivity index (χ1) is 14.3. The Morgan fingerprint density at radius 3 is 2.62 bits per heavy atom. The quantitative estimate of drug-likeness (QED) is 0.782. The molecule has 0 saturated carbocycles. The van der Waals surface area contributed by atoms with E-state index in [1.807, 2.05) is 0 Å². The monoisotopic (exact) mass is 397 g/mol. The third-order valence-corrected chi connectivity index (χ3v) is 7.52. The van der Waals surface area contributed by atoms with Gasteiger partial charge in [0.25, 0.3) is 5.91 Å². The van der Waals surface area contributed by atoms with Crippen LogP contribution in [-0.4, -0.2) is 85.2 Å². The van der Waals surface area contributed by atoms with Crippen LogP contribution in [0.4, 0.5) is 0 Å². The Bertz CT molecular complexity index is 725. The summed E-state index contributed by atoms with van der Waals surface area (Å²) < 4.78 is 5.51. The van der Waals surface area contributed by atoms with Gasteiger partial charge < -0.3 is 14.5 Å². The zero-order valence-electron chi connectivity index (χ0n) is 17.7. The summed E-state index contributed by atoms with van der Waals surface area (Å²) in [5.41, 5.74) is 3.75. The van der Waals surface area contributed by atoms with Crippen LogP contribution in [-0.2, 0) is 17.6 Å². The number of carbonyl (C=O) groups is 1. The highest BCUT2D eigenvalue weighted by molar-refractivity contribution is 5.95. The number of aryl methyl sites for hydroxylation is 1. The molecule has 0 N–H and O–H groups in total. The smallest absolute Gasteiger partial charge is 0.254 e. The lowest BCUT2D eigenvalue weighted by molar-refractivity contribution is 0.0137.